The fraction of sp³-hybridized carbons (Fsp3) is 0.417. The lowest BCUT2D eigenvalue weighted by molar-refractivity contribution is 0.0696. The largest absolute Gasteiger partial charge is 0.489 e. The number of carboxylic acids is 1. The van der Waals surface area contributed by atoms with Crippen molar-refractivity contribution in [3.63, 3.8) is 0 Å². The second kappa shape index (κ2) is 4.63. The summed E-state index contributed by atoms with van der Waals surface area (Å²) in [5.74, 6) is -0.267. The lowest BCUT2D eigenvalue weighted by Crippen LogP contribution is -2.41. The summed E-state index contributed by atoms with van der Waals surface area (Å²) in [5.41, 5.74) is 0.999. The quantitative estimate of drug-likeness (QED) is 0.819. The number of hydrogen-bond donors (Lipinski definition) is 2. The van der Waals surface area contributed by atoms with Crippen LogP contribution in [0.1, 0.15) is 16.8 Å². The molecule has 0 saturated carbocycles. The normalized spacial score (nSPS) is 18.5. The number of anilines is 1. The average Bonchev–Trinajstić information content (AvgIpc) is 2.32. The minimum atomic E-state index is -0.953. The van der Waals surface area contributed by atoms with Crippen molar-refractivity contribution in [1.82, 2.24) is 0 Å². The van der Waals surface area contributed by atoms with Gasteiger partial charge in [0.25, 0.3) is 0 Å². The van der Waals surface area contributed by atoms with Crippen molar-refractivity contribution in [3.05, 3.63) is 23.8 Å². The molecule has 0 fully saturated rings. The molecule has 1 aromatic carbocycles. The fourth-order valence-electron chi connectivity index (χ4n) is 1.97. The number of carbonyl (C=O) groups is 1. The first-order valence-corrected chi connectivity index (χ1v) is 5.47. The molecule has 2 N–H and O–H groups in total. The van der Waals surface area contributed by atoms with Crippen LogP contribution in [0.4, 0.5) is 5.69 Å². The van der Waals surface area contributed by atoms with Gasteiger partial charge in [-0.3, -0.25) is 0 Å². The van der Waals surface area contributed by atoms with E-state index in [1.54, 1.807) is 12.1 Å². The molecular formula is C12H15NO4. The Balaban J connectivity index is 2.32. The van der Waals surface area contributed by atoms with Gasteiger partial charge < -0.3 is 19.8 Å². The SMILES string of the molecule is CN1c2cc(C(=O)O)ccc2OCC1CCO. The van der Waals surface area contributed by atoms with Crippen molar-refractivity contribution in [2.45, 2.75) is 12.5 Å². The standard InChI is InChI=1S/C12H15NO4/c1-13-9(4-5-14)7-17-11-3-2-8(12(15)16)6-10(11)13/h2-3,6,9,14H,4-5,7H2,1H3,(H,15,16). The second-order valence-corrected chi connectivity index (χ2v) is 4.08. The topological polar surface area (TPSA) is 70.0 Å². The third-order valence-corrected chi connectivity index (χ3v) is 3.03. The maximum Gasteiger partial charge on any atom is 0.335 e. The van der Waals surface area contributed by atoms with Crippen molar-refractivity contribution in [1.29, 1.82) is 0 Å². The maximum atomic E-state index is 10.9. The van der Waals surface area contributed by atoms with Crippen LogP contribution >= 0.6 is 0 Å². The molecule has 0 spiro atoms. The van der Waals surface area contributed by atoms with E-state index in [-0.39, 0.29) is 18.2 Å². The zero-order chi connectivity index (χ0) is 12.4. The molecular weight excluding hydrogens is 222 g/mol. The van der Waals surface area contributed by atoms with E-state index in [1.807, 2.05) is 11.9 Å². The Kier molecular flexibility index (Phi) is 3.19. The van der Waals surface area contributed by atoms with Gasteiger partial charge in [0.15, 0.2) is 0 Å². The molecule has 17 heavy (non-hydrogen) atoms. The van der Waals surface area contributed by atoms with Crippen LogP contribution in [0.5, 0.6) is 5.75 Å². The molecule has 2 rings (SSSR count). The van der Waals surface area contributed by atoms with Gasteiger partial charge in [0.1, 0.15) is 12.4 Å². The summed E-state index contributed by atoms with van der Waals surface area (Å²) < 4.78 is 5.55. The van der Waals surface area contributed by atoms with Crippen molar-refractivity contribution < 1.29 is 19.7 Å². The number of aromatic carboxylic acids is 1. The third kappa shape index (κ3) is 2.19. The van der Waals surface area contributed by atoms with Crippen LogP contribution in [-0.4, -0.2) is 42.5 Å². The van der Waals surface area contributed by atoms with E-state index in [2.05, 4.69) is 0 Å². The summed E-state index contributed by atoms with van der Waals surface area (Å²) >= 11 is 0. The molecule has 1 atom stereocenters. The third-order valence-electron chi connectivity index (χ3n) is 3.03. The Labute approximate surface area is 99.2 Å². The summed E-state index contributed by atoms with van der Waals surface area (Å²) in [6, 6.07) is 4.88. The van der Waals surface area contributed by atoms with Crippen molar-refractivity contribution in [3.8, 4) is 5.75 Å². The van der Waals surface area contributed by atoms with E-state index in [4.69, 9.17) is 14.9 Å². The van der Waals surface area contributed by atoms with E-state index >= 15 is 0 Å². The van der Waals surface area contributed by atoms with Gasteiger partial charge in [-0.15, -0.1) is 0 Å². The Morgan fingerprint density at radius 2 is 2.35 bits per heavy atom. The van der Waals surface area contributed by atoms with Crippen molar-refractivity contribution in [2.75, 3.05) is 25.2 Å². The zero-order valence-electron chi connectivity index (χ0n) is 9.59. The fourth-order valence-corrected chi connectivity index (χ4v) is 1.97. The maximum absolute atomic E-state index is 10.9. The van der Waals surface area contributed by atoms with E-state index in [0.717, 1.165) is 5.69 Å². The van der Waals surface area contributed by atoms with Crippen molar-refractivity contribution >= 4 is 11.7 Å². The highest BCUT2D eigenvalue weighted by Crippen LogP contribution is 2.34. The number of fused-ring (bicyclic) bond motifs is 1. The second-order valence-electron chi connectivity index (χ2n) is 4.08. The highest BCUT2D eigenvalue weighted by Gasteiger charge is 2.25. The Bertz CT molecular complexity index is 433. The first-order chi connectivity index (χ1) is 8.13. The number of ether oxygens (including phenoxy) is 1. The summed E-state index contributed by atoms with van der Waals surface area (Å²) in [4.78, 5) is 12.9. The van der Waals surface area contributed by atoms with Gasteiger partial charge in [0, 0.05) is 13.7 Å². The van der Waals surface area contributed by atoms with E-state index in [1.165, 1.54) is 6.07 Å². The van der Waals surface area contributed by atoms with Crippen LogP contribution in [0, 0.1) is 0 Å². The minimum Gasteiger partial charge on any atom is -0.489 e. The van der Waals surface area contributed by atoms with Gasteiger partial charge in [-0.1, -0.05) is 0 Å². The van der Waals surface area contributed by atoms with Gasteiger partial charge in [-0.2, -0.15) is 0 Å². The van der Waals surface area contributed by atoms with Crippen LogP contribution in [0.3, 0.4) is 0 Å². The smallest absolute Gasteiger partial charge is 0.335 e. The number of aliphatic hydroxyl groups is 1. The Morgan fingerprint density at radius 1 is 1.59 bits per heavy atom. The summed E-state index contributed by atoms with van der Waals surface area (Å²) in [7, 11) is 1.88. The summed E-state index contributed by atoms with van der Waals surface area (Å²) in [5, 5.41) is 17.9. The molecule has 0 saturated heterocycles. The molecule has 0 radical (unpaired) electrons. The number of nitrogens with zero attached hydrogens (tertiary/aromatic N) is 1. The van der Waals surface area contributed by atoms with Gasteiger partial charge in [-0.25, -0.2) is 4.79 Å². The van der Waals surface area contributed by atoms with Crippen LogP contribution < -0.4 is 9.64 Å². The van der Waals surface area contributed by atoms with Crippen LogP contribution in [0.25, 0.3) is 0 Å². The van der Waals surface area contributed by atoms with Gasteiger partial charge in [0.2, 0.25) is 0 Å². The molecule has 92 valence electrons. The molecule has 5 heteroatoms. The van der Waals surface area contributed by atoms with E-state index in [0.29, 0.717) is 18.8 Å². The van der Waals surface area contributed by atoms with Crippen LogP contribution in [0.2, 0.25) is 0 Å². The Hall–Kier alpha value is -1.75. The lowest BCUT2D eigenvalue weighted by atomic mass is 10.1. The molecule has 0 aliphatic carbocycles. The molecule has 1 aliphatic heterocycles. The lowest BCUT2D eigenvalue weighted by Gasteiger charge is -2.35. The number of carboxylic acid groups (broad SMARTS) is 1. The first-order valence-electron chi connectivity index (χ1n) is 5.47. The van der Waals surface area contributed by atoms with Crippen molar-refractivity contribution in [2.24, 2.45) is 0 Å². The zero-order valence-corrected chi connectivity index (χ0v) is 9.59. The molecule has 1 unspecified atom stereocenters. The monoisotopic (exact) mass is 237 g/mol. The number of benzene rings is 1. The molecule has 1 heterocycles. The van der Waals surface area contributed by atoms with Gasteiger partial charge in [-0.05, 0) is 24.6 Å². The van der Waals surface area contributed by atoms with Crippen LogP contribution in [0.15, 0.2) is 18.2 Å². The molecule has 0 aromatic heterocycles. The molecule has 1 aromatic rings. The van der Waals surface area contributed by atoms with Gasteiger partial charge in [0.05, 0.1) is 17.3 Å². The van der Waals surface area contributed by atoms with Gasteiger partial charge >= 0.3 is 5.97 Å². The Morgan fingerprint density at radius 3 is 3.00 bits per heavy atom. The molecule has 5 nitrogen and oxygen atoms in total. The number of hydrogen-bond acceptors (Lipinski definition) is 4. The van der Waals surface area contributed by atoms with E-state index < -0.39 is 5.97 Å². The molecule has 0 amide bonds. The number of aliphatic hydroxyl groups excluding tert-OH is 1. The molecule has 0 bridgehead atoms. The number of rotatable bonds is 3. The van der Waals surface area contributed by atoms with Crippen LogP contribution in [-0.2, 0) is 0 Å². The van der Waals surface area contributed by atoms with E-state index in [9.17, 15) is 4.79 Å². The molecule has 1 aliphatic rings. The first kappa shape index (κ1) is 11.7. The highest BCUT2D eigenvalue weighted by molar-refractivity contribution is 5.89. The summed E-state index contributed by atoms with van der Waals surface area (Å²) in [6.07, 6.45) is 0.604. The number of likely N-dealkylation sites (N-methyl/N-ethyl adjacent to an activating group) is 1. The summed E-state index contributed by atoms with van der Waals surface area (Å²) in [6.45, 7) is 0.600. The highest BCUT2D eigenvalue weighted by atomic mass is 16.5. The predicted molar refractivity (Wildman–Crippen MR) is 62.8 cm³/mol. The predicted octanol–water partition coefficient (Wildman–Crippen LogP) is 0.964. The average molecular weight is 237 g/mol. The minimum absolute atomic E-state index is 0.0801.